The fraction of sp³-hybridized carbons (Fsp3) is 0.586. The third kappa shape index (κ3) is 5.83. The molecular formula is C29H40ClN9O. The lowest BCUT2D eigenvalue weighted by Gasteiger charge is -2.33. The topological polar surface area (TPSA) is 126 Å². The molecule has 0 unspecified atom stereocenters. The number of halogens is 1. The first kappa shape index (κ1) is 27.1. The molecule has 40 heavy (non-hydrogen) atoms. The second kappa shape index (κ2) is 11.8. The summed E-state index contributed by atoms with van der Waals surface area (Å²) in [5.41, 5.74) is 9.47. The van der Waals surface area contributed by atoms with Crippen LogP contribution in [0.2, 0.25) is 5.02 Å². The molecule has 10 nitrogen and oxygen atoms in total. The molecule has 1 aliphatic heterocycles. The number of nitrogens with one attached hydrogen (secondary N) is 3. The minimum atomic E-state index is -0.118. The van der Waals surface area contributed by atoms with Gasteiger partial charge >= 0.3 is 6.03 Å². The monoisotopic (exact) mass is 565 g/mol. The maximum atomic E-state index is 13.0. The molecule has 1 aromatic carbocycles. The Morgan fingerprint density at radius 1 is 0.975 bits per heavy atom. The fourth-order valence-corrected chi connectivity index (χ4v) is 6.64. The van der Waals surface area contributed by atoms with Crippen LogP contribution in [0.5, 0.6) is 0 Å². The molecule has 3 aliphatic rings. The number of amides is 2. The van der Waals surface area contributed by atoms with E-state index in [1.54, 1.807) is 6.07 Å². The number of fused-ring (bicyclic) bond motifs is 1. The Morgan fingerprint density at radius 3 is 2.42 bits per heavy atom. The predicted octanol–water partition coefficient (Wildman–Crippen LogP) is 5.69. The number of rotatable bonds is 6. The number of aromatic nitrogens is 4. The number of hydrogen-bond acceptors (Lipinski definition) is 7. The lowest BCUT2D eigenvalue weighted by Crippen LogP contribution is -2.44. The molecule has 5 N–H and O–H groups in total. The van der Waals surface area contributed by atoms with Crippen LogP contribution in [-0.2, 0) is 0 Å². The van der Waals surface area contributed by atoms with E-state index >= 15 is 0 Å². The summed E-state index contributed by atoms with van der Waals surface area (Å²) in [6, 6.07) is 6.76. The number of nitrogens with zero attached hydrogens (tertiary/aromatic N) is 5. The highest BCUT2D eigenvalue weighted by molar-refractivity contribution is 6.33. The van der Waals surface area contributed by atoms with Gasteiger partial charge in [0.2, 0.25) is 5.95 Å². The second-order valence-corrected chi connectivity index (χ2v) is 12.1. The van der Waals surface area contributed by atoms with Crippen molar-refractivity contribution < 1.29 is 4.79 Å². The molecule has 2 aromatic heterocycles. The van der Waals surface area contributed by atoms with Gasteiger partial charge < -0.3 is 31.2 Å². The summed E-state index contributed by atoms with van der Waals surface area (Å²) in [5.74, 6) is 1.42. The molecule has 2 aliphatic carbocycles. The van der Waals surface area contributed by atoms with E-state index in [4.69, 9.17) is 32.3 Å². The molecule has 214 valence electrons. The van der Waals surface area contributed by atoms with Crippen molar-refractivity contribution >= 4 is 46.2 Å². The van der Waals surface area contributed by atoms with Crippen LogP contribution in [0.1, 0.15) is 75.8 Å². The molecular weight excluding hydrogens is 526 g/mol. The smallest absolute Gasteiger partial charge is 0.321 e. The zero-order valence-corrected chi connectivity index (χ0v) is 24.0. The van der Waals surface area contributed by atoms with Crippen molar-refractivity contribution in [1.29, 1.82) is 0 Å². The first-order chi connectivity index (χ1) is 19.4. The standard InChI is InChI=1S/C29H40ClN9O/c1-18-5-4-8-23(30)24(18)35-29(40)38-15-13-21(14-16-38)33-26-25-27(39(17-32-25)22-6-2-3-7-22)37-28(36-26)34-20-11-9-19(31)10-12-20/h4-5,8,17,19-22H,2-3,6-7,9-16,31H2,1H3,(H,35,40)(H2,33,34,36,37). The zero-order valence-electron chi connectivity index (χ0n) is 23.2. The van der Waals surface area contributed by atoms with E-state index in [-0.39, 0.29) is 12.1 Å². The number of imidazole rings is 1. The highest BCUT2D eigenvalue weighted by Crippen LogP contribution is 2.34. The molecule has 0 bridgehead atoms. The van der Waals surface area contributed by atoms with Gasteiger partial charge in [0.05, 0.1) is 17.0 Å². The van der Waals surface area contributed by atoms with Crippen molar-refractivity contribution in [3.8, 4) is 0 Å². The number of piperidine rings is 1. The van der Waals surface area contributed by atoms with Crippen LogP contribution in [-0.4, -0.2) is 61.7 Å². The van der Waals surface area contributed by atoms with Crippen LogP contribution in [0.25, 0.3) is 11.2 Å². The van der Waals surface area contributed by atoms with Gasteiger partial charge in [-0.05, 0) is 69.9 Å². The summed E-state index contributed by atoms with van der Waals surface area (Å²) in [6.45, 7) is 3.23. The molecule has 3 aromatic rings. The number of carbonyl (C=O) groups is 1. The average molecular weight is 566 g/mol. The van der Waals surface area contributed by atoms with Gasteiger partial charge in [-0.3, -0.25) is 0 Å². The van der Waals surface area contributed by atoms with E-state index in [9.17, 15) is 4.79 Å². The van der Waals surface area contributed by atoms with Gasteiger partial charge in [0.15, 0.2) is 17.0 Å². The molecule has 6 rings (SSSR count). The van der Waals surface area contributed by atoms with Crippen LogP contribution in [0.15, 0.2) is 24.5 Å². The van der Waals surface area contributed by atoms with E-state index in [0.29, 0.717) is 47.9 Å². The normalized spacial score (nSPS) is 22.5. The van der Waals surface area contributed by atoms with Crippen molar-refractivity contribution in [1.82, 2.24) is 24.4 Å². The fourth-order valence-electron chi connectivity index (χ4n) is 6.37. The highest BCUT2D eigenvalue weighted by Gasteiger charge is 2.27. The highest BCUT2D eigenvalue weighted by atomic mass is 35.5. The second-order valence-electron chi connectivity index (χ2n) is 11.7. The lowest BCUT2D eigenvalue weighted by atomic mass is 9.92. The minimum absolute atomic E-state index is 0.118. The number of aryl methyl sites for hydroxylation is 1. The Morgan fingerprint density at radius 2 is 1.70 bits per heavy atom. The van der Waals surface area contributed by atoms with Gasteiger partial charge in [-0.2, -0.15) is 9.97 Å². The van der Waals surface area contributed by atoms with Gasteiger partial charge in [0, 0.05) is 37.3 Å². The number of para-hydroxylation sites is 1. The summed E-state index contributed by atoms with van der Waals surface area (Å²) >= 11 is 6.32. The van der Waals surface area contributed by atoms with E-state index in [1.165, 1.54) is 12.8 Å². The lowest BCUT2D eigenvalue weighted by molar-refractivity contribution is 0.197. The summed E-state index contributed by atoms with van der Waals surface area (Å²) < 4.78 is 2.25. The Bertz CT molecular complexity index is 1320. The number of benzene rings is 1. The van der Waals surface area contributed by atoms with E-state index < -0.39 is 0 Å². The number of urea groups is 1. The van der Waals surface area contributed by atoms with Gasteiger partial charge in [0.25, 0.3) is 0 Å². The Kier molecular flexibility index (Phi) is 7.98. The number of hydrogen-bond donors (Lipinski definition) is 4. The van der Waals surface area contributed by atoms with E-state index in [1.807, 2.05) is 30.3 Å². The SMILES string of the molecule is Cc1cccc(Cl)c1NC(=O)N1CCC(Nc2nc(NC3CCC(N)CC3)nc3c2ncn3C2CCCC2)CC1. The minimum Gasteiger partial charge on any atom is -0.365 e. The molecule has 2 amide bonds. The molecule has 2 saturated carbocycles. The van der Waals surface area contributed by atoms with E-state index in [0.717, 1.165) is 73.9 Å². The van der Waals surface area contributed by atoms with E-state index in [2.05, 4.69) is 20.5 Å². The third-order valence-corrected chi connectivity index (χ3v) is 9.14. The number of carbonyl (C=O) groups excluding carboxylic acids is 1. The van der Waals surface area contributed by atoms with Crippen molar-refractivity contribution in [2.24, 2.45) is 5.73 Å². The van der Waals surface area contributed by atoms with Gasteiger partial charge in [-0.1, -0.05) is 36.6 Å². The zero-order chi connectivity index (χ0) is 27.6. The summed E-state index contributed by atoms with van der Waals surface area (Å²) in [7, 11) is 0. The van der Waals surface area contributed by atoms with Crippen LogP contribution in [0.3, 0.4) is 0 Å². The van der Waals surface area contributed by atoms with Crippen LogP contribution < -0.4 is 21.7 Å². The van der Waals surface area contributed by atoms with Gasteiger partial charge in [0.1, 0.15) is 0 Å². The molecule has 0 radical (unpaired) electrons. The van der Waals surface area contributed by atoms with Crippen molar-refractivity contribution in [2.75, 3.05) is 29.0 Å². The predicted molar refractivity (Wildman–Crippen MR) is 160 cm³/mol. The maximum absolute atomic E-state index is 13.0. The number of anilines is 3. The summed E-state index contributed by atoms with van der Waals surface area (Å²) in [6.07, 6.45) is 12.5. The number of likely N-dealkylation sites (tertiary alicyclic amines) is 1. The molecule has 0 spiro atoms. The van der Waals surface area contributed by atoms with Crippen LogP contribution in [0.4, 0.5) is 22.2 Å². The maximum Gasteiger partial charge on any atom is 0.321 e. The Hall–Kier alpha value is -3.11. The largest absolute Gasteiger partial charge is 0.365 e. The molecule has 0 atom stereocenters. The quantitative estimate of drug-likeness (QED) is 0.302. The molecule has 11 heteroatoms. The van der Waals surface area contributed by atoms with Crippen molar-refractivity contribution in [3.05, 3.63) is 35.1 Å². The number of nitrogens with two attached hydrogens (primary N) is 1. The van der Waals surface area contributed by atoms with Gasteiger partial charge in [-0.25, -0.2) is 9.78 Å². The third-order valence-electron chi connectivity index (χ3n) is 8.82. The summed E-state index contributed by atoms with van der Waals surface area (Å²) in [5, 5.41) is 10.8. The average Bonchev–Trinajstić information content (AvgIpc) is 3.63. The first-order valence-corrected chi connectivity index (χ1v) is 15.2. The van der Waals surface area contributed by atoms with Crippen molar-refractivity contribution in [3.63, 3.8) is 0 Å². The first-order valence-electron chi connectivity index (χ1n) is 14.8. The van der Waals surface area contributed by atoms with Crippen LogP contribution in [0, 0.1) is 6.92 Å². The molecule has 1 saturated heterocycles. The van der Waals surface area contributed by atoms with Crippen LogP contribution >= 0.6 is 11.6 Å². The van der Waals surface area contributed by atoms with Crippen molar-refractivity contribution in [2.45, 2.75) is 95.3 Å². The summed E-state index contributed by atoms with van der Waals surface area (Å²) in [4.78, 5) is 29.5. The molecule has 3 fully saturated rings. The Balaban J connectivity index is 1.16. The molecule has 3 heterocycles. The Labute approximate surface area is 240 Å². The van der Waals surface area contributed by atoms with Gasteiger partial charge in [-0.15, -0.1) is 0 Å².